The van der Waals surface area contributed by atoms with Crippen LogP contribution in [-0.2, 0) is 17.8 Å². The summed E-state index contributed by atoms with van der Waals surface area (Å²) in [7, 11) is 0. The fraction of sp³-hybridized carbons (Fsp3) is 0.280. The monoisotopic (exact) mass is 444 g/mol. The fourth-order valence-corrected chi connectivity index (χ4v) is 4.34. The molecule has 1 aromatic carbocycles. The van der Waals surface area contributed by atoms with Gasteiger partial charge in [0.25, 0.3) is 17.1 Å². The van der Waals surface area contributed by atoms with Gasteiger partial charge in [-0.1, -0.05) is 41.4 Å². The van der Waals surface area contributed by atoms with E-state index in [1.165, 1.54) is 4.40 Å². The number of carbonyl (C=O) groups excluding carboxylic acids is 1. The Bertz CT molecular complexity index is 1410. The van der Waals surface area contributed by atoms with Crippen LogP contribution in [0.15, 0.2) is 59.5 Å². The van der Waals surface area contributed by atoms with Gasteiger partial charge in [0.1, 0.15) is 10.9 Å². The van der Waals surface area contributed by atoms with E-state index >= 15 is 0 Å². The first-order valence-electron chi connectivity index (χ1n) is 11.1. The Morgan fingerprint density at radius 3 is 2.85 bits per heavy atom. The van der Waals surface area contributed by atoms with Crippen LogP contribution in [-0.4, -0.2) is 28.0 Å². The summed E-state index contributed by atoms with van der Waals surface area (Å²) < 4.78 is 9.09. The highest BCUT2D eigenvalue weighted by Crippen LogP contribution is 2.19. The number of carbonyl (C=O) groups is 1. The highest BCUT2D eigenvalue weighted by atomic mass is 16.5. The molecule has 0 saturated carbocycles. The average Bonchev–Trinajstić information content (AvgIpc) is 3.34. The number of nitrogen functional groups attached to an aromatic ring is 1. The number of amides is 1. The second kappa shape index (κ2) is 8.63. The number of anilines is 1. The number of rotatable bonds is 5. The molecule has 0 radical (unpaired) electrons. The highest BCUT2D eigenvalue weighted by molar-refractivity contribution is 6.00. The van der Waals surface area contributed by atoms with Crippen LogP contribution in [0.5, 0.6) is 0 Å². The topological polar surface area (TPSA) is 103 Å². The molecular weight excluding hydrogens is 418 g/mol. The summed E-state index contributed by atoms with van der Waals surface area (Å²) in [4.78, 5) is 31.3. The van der Waals surface area contributed by atoms with Crippen molar-refractivity contribution in [3.8, 4) is 0 Å². The molecule has 0 spiro atoms. The van der Waals surface area contributed by atoms with E-state index in [0.29, 0.717) is 36.4 Å². The quantitative estimate of drug-likeness (QED) is 0.363. The van der Waals surface area contributed by atoms with Crippen molar-refractivity contribution in [3.05, 3.63) is 81.8 Å². The Labute approximate surface area is 190 Å². The summed E-state index contributed by atoms with van der Waals surface area (Å²) in [5.74, 6) is -0.0681. The number of nitrogens with zero attached hydrogens (tertiary/aromatic N) is 3. The third kappa shape index (κ3) is 3.93. The maximum Gasteiger partial charge on any atom is 0.278 e. The average molecular weight is 445 g/mol. The Morgan fingerprint density at radius 1 is 1.27 bits per heavy atom. The molecule has 1 aliphatic heterocycles. The number of ether oxygens (including phenoxy) is 1. The minimum absolute atomic E-state index is 0.0414. The van der Waals surface area contributed by atoms with Gasteiger partial charge >= 0.3 is 0 Å². The lowest BCUT2D eigenvalue weighted by Gasteiger charge is -2.15. The third-order valence-corrected chi connectivity index (χ3v) is 6.13. The maximum absolute atomic E-state index is 13.4. The predicted molar refractivity (Wildman–Crippen MR) is 125 cm³/mol. The Morgan fingerprint density at radius 2 is 2.09 bits per heavy atom. The van der Waals surface area contributed by atoms with Gasteiger partial charge in [0.05, 0.1) is 12.6 Å². The number of pyridine rings is 2. The molecule has 4 heterocycles. The predicted octanol–water partition coefficient (Wildman–Crippen LogP) is 2.13. The van der Waals surface area contributed by atoms with Gasteiger partial charge in [0.2, 0.25) is 11.5 Å². The van der Waals surface area contributed by atoms with Crippen molar-refractivity contribution >= 4 is 28.4 Å². The Balaban J connectivity index is 1.65. The fourth-order valence-electron chi connectivity index (χ4n) is 4.34. The first kappa shape index (κ1) is 21.1. The largest absolute Gasteiger partial charge is 0.375 e. The summed E-state index contributed by atoms with van der Waals surface area (Å²) in [6.45, 7) is 3.39. The summed E-state index contributed by atoms with van der Waals surface area (Å²) in [5.41, 5.74) is 9.42. The van der Waals surface area contributed by atoms with Gasteiger partial charge < -0.3 is 15.8 Å². The second-order valence-electron chi connectivity index (χ2n) is 8.40. The molecule has 8 heteroatoms. The lowest BCUT2D eigenvalue weighted by molar-refractivity contribution is -0.666. The molecular formula is C25H26N5O3+. The van der Waals surface area contributed by atoms with E-state index in [-0.39, 0.29) is 29.0 Å². The van der Waals surface area contributed by atoms with Crippen LogP contribution >= 0.6 is 0 Å². The third-order valence-electron chi connectivity index (χ3n) is 6.13. The standard InChI is InChI=1S/C25H25N5O3/c1-16-7-5-11-29-22(16)28-23-20(25(29)32)13-19(21(26)30(23)15-18-10-6-12-33-18)24(31)27-14-17-8-3-2-4-9-17/h2-5,7-9,11,13,18,26H,6,10,12,14-15H2,1H3,(H,27,31)/p+1. The molecule has 168 valence electrons. The number of fused-ring (bicyclic) bond motifs is 2. The van der Waals surface area contributed by atoms with E-state index in [1.807, 2.05) is 49.4 Å². The number of hydrogen-bond acceptors (Lipinski definition) is 5. The molecule has 4 aromatic rings. The number of aryl methyl sites for hydroxylation is 1. The van der Waals surface area contributed by atoms with Crippen LogP contribution in [0, 0.1) is 6.92 Å². The summed E-state index contributed by atoms with van der Waals surface area (Å²) in [6, 6.07) is 14.9. The van der Waals surface area contributed by atoms with E-state index in [1.54, 1.807) is 16.8 Å². The van der Waals surface area contributed by atoms with E-state index in [4.69, 9.17) is 15.5 Å². The first-order valence-corrected chi connectivity index (χ1v) is 11.1. The highest BCUT2D eigenvalue weighted by Gasteiger charge is 2.28. The lowest BCUT2D eigenvalue weighted by atomic mass is 10.1. The molecule has 1 aliphatic rings. The van der Waals surface area contributed by atoms with Crippen LogP contribution < -0.4 is 21.2 Å². The SMILES string of the molecule is Cc1cccn2c(=O)c3cc(C(=O)NCc4ccccc4)c(N)[n+](CC4CCCO4)c3nc12. The smallest absolute Gasteiger partial charge is 0.278 e. The molecule has 1 fully saturated rings. The van der Waals surface area contributed by atoms with Crippen LogP contribution in [0.25, 0.3) is 16.7 Å². The van der Waals surface area contributed by atoms with E-state index in [2.05, 4.69) is 5.32 Å². The number of hydrogen-bond donors (Lipinski definition) is 2. The molecule has 8 nitrogen and oxygen atoms in total. The van der Waals surface area contributed by atoms with Gasteiger partial charge in [-0.25, -0.2) is 4.57 Å². The summed E-state index contributed by atoms with van der Waals surface area (Å²) in [5, 5.41) is 3.26. The van der Waals surface area contributed by atoms with Crippen molar-refractivity contribution < 1.29 is 14.1 Å². The van der Waals surface area contributed by atoms with Gasteiger partial charge in [-0.2, -0.15) is 0 Å². The number of nitrogens with two attached hydrogens (primary N) is 1. The normalized spacial score (nSPS) is 15.8. The van der Waals surface area contributed by atoms with Crippen molar-refractivity contribution in [1.82, 2.24) is 14.7 Å². The molecule has 1 atom stereocenters. The van der Waals surface area contributed by atoms with Crippen molar-refractivity contribution in [2.45, 2.75) is 39.0 Å². The zero-order chi connectivity index (χ0) is 22.9. The second-order valence-corrected chi connectivity index (χ2v) is 8.40. The molecule has 3 N–H and O–H groups in total. The van der Waals surface area contributed by atoms with Crippen molar-refractivity contribution in [2.24, 2.45) is 0 Å². The van der Waals surface area contributed by atoms with Gasteiger partial charge in [0, 0.05) is 24.9 Å². The summed E-state index contributed by atoms with van der Waals surface area (Å²) in [6.07, 6.45) is 3.51. The molecule has 1 amide bonds. The minimum Gasteiger partial charge on any atom is -0.375 e. The van der Waals surface area contributed by atoms with E-state index in [9.17, 15) is 9.59 Å². The van der Waals surface area contributed by atoms with Crippen LogP contribution in [0.4, 0.5) is 5.82 Å². The first-order chi connectivity index (χ1) is 16.0. The number of benzene rings is 1. The molecule has 33 heavy (non-hydrogen) atoms. The van der Waals surface area contributed by atoms with Crippen LogP contribution in [0.2, 0.25) is 0 Å². The Hall–Kier alpha value is -3.78. The van der Waals surface area contributed by atoms with Crippen LogP contribution in [0.1, 0.15) is 34.3 Å². The summed E-state index contributed by atoms with van der Waals surface area (Å²) >= 11 is 0. The van der Waals surface area contributed by atoms with Crippen LogP contribution in [0.3, 0.4) is 0 Å². The molecule has 1 unspecified atom stereocenters. The molecule has 5 rings (SSSR count). The van der Waals surface area contributed by atoms with Crippen molar-refractivity contribution in [2.75, 3.05) is 12.3 Å². The Kier molecular flexibility index (Phi) is 5.51. The van der Waals surface area contributed by atoms with E-state index in [0.717, 1.165) is 24.0 Å². The van der Waals surface area contributed by atoms with E-state index < -0.39 is 0 Å². The minimum atomic E-state index is -0.340. The zero-order valence-electron chi connectivity index (χ0n) is 18.5. The molecule has 3 aromatic heterocycles. The van der Waals surface area contributed by atoms with Gasteiger partial charge in [0.15, 0.2) is 0 Å². The number of aromatic nitrogens is 3. The van der Waals surface area contributed by atoms with Crippen molar-refractivity contribution in [1.29, 1.82) is 0 Å². The molecule has 0 bridgehead atoms. The van der Waals surface area contributed by atoms with Gasteiger partial charge in [-0.3, -0.25) is 14.0 Å². The van der Waals surface area contributed by atoms with Crippen molar-refractivity contribution in [3.63, 3.8) is 0 Å². The maximum atomic E-state index is 13.4. The zero-order valence-corrected chi connectivity index (χ0v) is 18.5. The number of nitrogens with one attached hydrogen (secondary N) is 1. The van der Waals surface area contributed by atoms with Gasteiger partial charge in [-0.15, -0.1) is 0 Å². The lowest BCUT2D eigenvalue weighted by Crippen LogP contribution is -2.46. The molecule has 1 saturated heterocycles. The van der Waals surface area contributed by atoms with Gasteiger partial charge in [-0.05, 0) is 37.5 Å². The molecule has 0 aliphatic carbocycles.